The van der Waals surface area contributed by atoms with E-state index in [2.05, 4.69) is 0 Å². The van der Waals surface area contributed by atoms with Gasteiger partial charge in [-0.25, -0.2) is 0 Å². The summed E-state index contributed by atoms with van der Waals surface area (Å²) in [6.07, 6.45) is -0.314. The number of rotatable bonds is 4. The van der Waals surface area contributed by atoms with Gasteiger partial charge in [0.25, 0.3) is 10.1 Å². The number of aryl methyl sites for hydroxylation is 1. The lowest BCUT2D eigenvalue weighted by atomic mass is 10.1. The molecule has 0 aliphatic rings. The molecule has 0 heterocycles. The van der Waals surface area contributed by atoms with Crippen LogP contribution in [-0.4, -0.2) is 14.5 Å². The molecule has 0 bridgehead atoms. The van der Waals surface area contributed by atoms with Crippen molar-refractivity contribution < 1.29 is 12.6 Å². The minimum Gasteiger partial charge on any atom is -0.263 e. The topological polar surface area (TPSA) is 43.4 Å². The Hall–Kier alpha value is -0.870. The Morgan fingerprint density at radius 2 is 1.56 bits per heavy atom. The molecule has 0 spiro atoms. The quantitative estimate of drug-likeness (QED) is 0.762. The van der Waals surface area contributed by atoms with E-state index in [1.54, 1.807) is 31.2 Å². The monoisotopic (exact) mass is 242 g/mol. The molecule has 0 aliphatic heterocycles. The molecule has 0 amide bonds. The molecular weight excluding hydrogens is 224 g/mol. The molecule has 0 saturated heterocycles. The molecule has 0 radical (unpaired) electrons. The van der Waals surface area contributed by atoms with Gasteiger partial charge in [-0.2, -0.15) is 8.42 Å². The maximum absolute atomic E-state index is 11.8. The normalized spacial score (nSPS) is 14.1. The second-order valence-corrected chi connectivity index (χ2v) is 5.88. The third-order valence-electron chi connectivity index (χ3n) is 2.53. The van der Waals surface area contributed by atoms with E-state index in [-0.39, 0.29) is 16.9 Å². The Bertz CT molecular complexity index is 432. The highest BCUT2D eigenvalue weighted by molar-refractivity contribution is 7.86. The van der Waals surface area contributed by atoms with Crippen LogP contribution in [0.5, 0.6) is 0 Å². The van der Waals surface area contributed by atoms with Crippen molar-refractivity contribution in [3.8, 4) is 0 Å². The highest BCUT2D eigenvalue weighted by Crippen LogP contribution is 2.17. The maximum Gasteiger partial charge on any atom is 0.297 e. The van der Waals surface area contributed by atoms with Crippen molar-refractivity contribution >= 4 is 10.1 Å². The van der Waals surface area contributed by atoms with Crippen LogP contribution in [0.2, 0.25) is 0 Å². The molecule has 1 unspecified atom stereocenters. The summed E-state index contributed by atoms with van der Waals surface area (Å²) >= 11 is 0. The van der Waals surface area contributed by atoms with Crippen molar-refractivity contribution in [3.63, 3.8) is 0 Å². The largest absolute Gasteiger partial charge is 0.297 e. The van der Waals surface area contributed by atoms with Gasteiger partial charge in [0.05, 0.1) is 11.0 Å². The van der Waals surface area contributed by atoms with Crippen molar-refractivity contribution in [2.24, 2.45) is 5.92 Å². The van der Waals surface area contributed by atoms with Crippen molar-refractivity contribution in [1.29, 1.82) is 0 Å². The maximum atomic E-state index is 11.8. The summed E-state index contributed by atoms with van der Waals surface area (Å²) in [5.41, 5.74) is 1.02. The first kappa shape index (κ1) is 13.2. The highest BCUT2D eigenvalue weighted by atomic mass is 32.2. The lowest BCUT2D eigenvalue weighted by Crippen LogP contribution is -2.20. The second-order valence-electron chi connectivity index (χ2n) is 4.31. The molecule has 90 valence electrons. The molecule has 1 atom stereocenters. The molecule has 1 rings (SSSR count). The second kappa shape index (κ2) is 4.97. The Morgan fingerprint density at radius 1 is 1.06 bits per heavy atom. The van der Waals surface area contributed by atoms with Gasteiger partial charge in [0.1, 0.15) is 0 Å². The highest BCUT2D eigenvalue weighted by Gasteiger charge is 2.20. The van der Waals surface area contributed by atoms with Crippen LogP contribution in [0.15, 0.2) is 29.2 Å². The first-order valence-electron chi connectivity index (χ1n) is 5.33. The van der Waals surface area contributed by atoms with Gasteiger partial charge >= 0.3 is 0 Å². The summed E-state index contributed by atoms with van der Waals surface area (Å²) in [6, 6.07) is 6.65. The smallest absolute Gasteiger partial charge is 0.263 e. The van der Waals surface area contributed by atoms with Crippen LogP contribution in [0.25, 0.3) is 0 Å². The van der Waals surface area contributed by atoms with E-state index < -0.39 is 10.1 Å². The van der Waals surface area contributed by atoms with Crippen LogP contribution < -0.4 is 0 Å². The fourth-order valence-electron chi connectivity index (χ4n) is 1.07. The van der Waals surface area contributed by atoms with Crippen LogP contribution in [0.4, 0.5) is 0 Å². The molecule has 1 aromatic carbocycles. The Morgan fingerprint density at radius 3 is 2.00 bits per heavy atom. The van der Waals surface area contributed by atoms with Gasteiger partial charge in [0, 0.05) is 0 Å². The molecule has 16 heavy (non-hydrogen) atoms. The van der Waals surface area contributed by atoms with Crippen LogP contribution in [0.1, 0.15) is 26.3 Å². The number of hydrogen-bond donors (Lipinski definition) is 0. The fraction of sp³-hybridized carbons (Fsp3) is 0.500. The molecule has 0 saturated carbocycles. The van der Waals surface area contributed by atoms with Crippen LogP contribution in [-0.2, 0) is 14.3 Å². The molecule has 0 aromatic heterocycles. The zero-order chi connectivity index (χ0) is 12.3. The minimum absolute atomic E-state index is 0.167. The van der Waals surface area contributed by atoms with Gasteiger partial charge in [0.15, 0.2) is 0 Å². The molecular formula is C12H18O3S. The van der Waals surface area contributed by atoms with Gasteiger partial charge < -0.3 is 0 Å². The zero-order valence-electron chi connectivity index (χ0n) is 10.1. The van der Waals surface area contributed by atoms with Crippen LogP contribution >= 0.6 is 0 Å². The lowest BCUT2D eigenvalue weighted by Gasteiger charge is -2.16. The van der Waals surface area contributed by atoms with E-state index >= 15 is 0 Å². The number of benzene rings is 1. The average molecular weight is 242 g/mol. The van der Waals surface area contributed by atoms with Gasteiger partial charge in [-0.3, -0.25) is 4.18 Å². The molecule has 0 aliphatic carbocycles. The fourth-order valence-corrected chi connectivity index (χ4v) is 2.27. The summed E-state index contributed by atoms with van der Waals surface area (Å²) < 4.78 is 28.8. The first-order valence-corrected chi connectivity index (χ1v) is 6.73. The lowest BCUT2D eigenvalue weighted by molar-refractivity contribution is 0.178. The van der Waals surface area contributed by atoms with Crippen molar-refractivity contribution in [2.75, 3.05) is 0 Å². The van der Waals surface area contributed by atoms with E-state index in [0.29, 0.717) is 0 Å². The van der Waals surface area contributed by atoms with Crippen LogP contribution in [0, 0.1) is 12.8 Å². The van der Waals surface area contributed by atoms with E-state index in [1.807, 2.05) is 20.8 Å². The predicted octanol–water partition coefficient (Wildman–Crippen LogP) is 2.74. The molecule has 3 nitrogen and oxygen atoms in total. The summed E-state index contributed by atoms with van der Waals surface area (Å²) in [5.74, 6) is 0.167. The van der Waals surface area contributed by atoms with Crippen molar-refractivity contribution in [2.45, 2.75) is 38.7 Å². The van der Waals surface area contributed by atoms with Crippen molar-refractivity contribution in [3.05, 3.63) is 29.8 Å². The Balaban J connectivity index is 2.90. The summed E-state index contributed by atoms with van der Waals surface area (Å²) in [6.45, 7) is 7.52. The predicted molar refractivity (Wildman–Crippen MR) is 63.7 cm³/mol. The average Bonchev–Trinajstić information content (AvgIpc) is 2.17. The summed E-state index contributed by atoms with van der Waals surface area (Å²) in [4.78, 5) is 0.214. The van der Waals surface area contributed by atoms with E-state index in [9.17, 15) is 8.42 Å². The third kappa shape index (κ3) is 3.32. The van der Waals surface area contributed by atoms with Crippen molar-refractivity contribution in [1.82, 2.24) is 0 Å². The van der Waals surface area contributed by atoms with Gasteiger partial charge in [0.2, 0.25) is 0 Å². The van der Waals surface area contributed by atoms with Gasteiger partial charge in [-0.15, -0.1) is 0 Å². The first-order chi connectivity index (χ1) is 7.33. The van der Waals surface area contributed by atoms with Gasteiger partial charge in [-0.05, 0) is 31.9 Å². The van der Waals surface area contributed by atoms with Gasteiger partial charge in [-0.1, -0.05) is 31.5 Å². The summed E-state index contributed by atoms with van der Waals surface area (Å²) in [5, 5.41) is 0. The summed E-state index contributed by atoms with van der Waals surface area (Å²) in [7, 11) is -3.62. The zero-order valence-corrected chi connectivity index (χ0v) is 10.9. The minimum atomic E-state index is -3.62. The Kier molecular flexibility index (Phi) is 4.10. The molecule has 4 heteroatoms. The SMILES string of the molecule is Cc1ccc(S(=O)(=O)OC(C)C(C)C)cc1. The van der Waals surface area contributed by atoms with E-state index in [1.165, 1.54) is 0 Å². The van der Waals surface area contributed by atoms with E-state index in [4.69, 9.17) is 4.18 Å². The molecule has 0 fully saturated rings. The molecule has 0 N–H and O–H groups in total. The standard InChI is InChI=1S/C12H18O3S/c1-9(2)11(4)15-16(13,14)12-7-5-10(3)6-8-12/h5-9,11H,1-4H3. The van der Waals surface area contributed by atoms with E-state index in [0.717, 1.165) is 5.56 Å². The number of hydrogen-bond acceptors (Lipinski definition) is 3. The Labute approximate surface area is 97.6 Å². The van der Waals surface area contributed by atoms with Crippen LogP contribution in [0.3, 0.4) is 0 Å². The third-order valence-corrected chi connectivity index (χ3v) is 3.93. The molecule has 1 aromatic rings.